The Bertz CT molecular complexity index is 120. The maximum Gasteiger partial charge on any atom is 1.00 e. The zero-order valence-corrected chi connectivity index (χ0v) is 15.0. The molecule has 0 saturated carbocycles. The summed E-state index contributed by atoms with van der Waals surface area (Å²) in [7, 11) is -5.15. The van der Waals surface area contributed by atoms with Crippen LogP contribution >= 0.6 is 7.82 Å². The van der Waals surface area contributed by atoms with Gasteiger partial charge in [-0.15, -0.1) is 0 Å². The van der Waals surface area contributed by atoms with Crippen molar-refractivity contribution in [3.05, 3.63) is 0 Å². The second kappa shape index (κ2) is 14.5. The summed E-state index contributed by atoms with van der Waals surface area (Å²) in [5, 5.41) is 0. The molecule has 0 aliphatic heterocycles. The fraction of sp³-hybridized carbons (Fsp3) is 1.00. The Morgan fingerprint density at radius 3 is 0.786 bits per heavy atom. The average molecular weight is 264 g/mol. The molecule has 0 fully saturated rings. The topological polar surface area (TPSA) is 86.2 Å². The molecule has 0 bridgehead atoms. The van der Waals surface area contributed by atoms with Crippen LogP contribution in [0.15, 0.2) is 0 Å². The molecule has 0 saturated heterocycles. The summed E-state index contributed by atoms with van der Waals surface area (Å²) in [6.07, 6.45) is 0. The van der Waals surface area contributed by atoms with E-state index in [2.05, 4.69) is 39.3 Å². The van der Waals surface area contributed by atoms with E-state index in [1.165, 1.54) is 0 Å². The van der Waals surface area contributed by atoms with Crippen LogP contribution in [-0.4, -0.2) is 17.6 Å². The Hall–Kier alpha value is 1.54. The molecule has 0 aliphatic carbocycles. The fourth-order valence-electron chi connectivity index (χ4n) is 0. The van der Waals surface area contributed by atoms with E-state index < -0.39 is 7.82 Å². The first-order valence-electron chi connectivity index (χ1n) is 3.73. The molecule has 80 valence electrons. The van der Waals surface area contributed by atoms with Crippen molar-refractivity contribution in [2.24, 2.45) is 0 Å². The summed E-state index contributed by atoms with van der Waals surface area (Å²) in [6, 6.07) is 0. The summed E-state index contributed by atoms with van der Waals surface area (Å²) in [5.41, 5.74) is 0. The van der Waals surface area contributed by atoms with Gasteiger partial charge in [0.05, 0.1) is 39.3 Å². The van der Waals surface area contributed by atoms with Gasteiger partial charge in [-0.05, 0) is 0 Å². The van der Waals surface area contributed by atoms with E-state index in [-0.39, 0.29) is 47.2 Å². The minimum Gasteiger partial charge on any atom is -0.822 e. The van der Waals surface area contributed by atoms with E-state index in [0.717, 1.165) is 0 Å². The van der Waals surface area contributed by atoms with E-state index in [9.17, 15) is 0 Å². The number of hydrogen-bond donors (Lipinski definition) is 0. The van der Waals surface area contributed by atoms with Gasteiger partial charge in [0.25, 0.3) is 0 Å². The van der Waals surface area contributed by atoms with Gasteiger partial charge in [-0.25, -0.2) is 0 Å². The van der Waals surface area contributed by atoms with Crippen molar-refractivity contribution in [3.63, 3.8) is 0 Å². The first-order valence-corrected chi connectivity index (χ1v) is 11.2. The fourth-order valence-corrected chi connectivity index (χ4v) is 0. The molecular formula is C6H18NaO4PSi2. The predicted molar refractivity (Wildman–Crippen MR) is 54.3 cm³/mol. The van der Waals surface area contributed by atoms with Crippen molar-refractivity contribution in [2.45, 2.75) is 39.3 Å². The molecule has 0 heterocycles. The third-order valence-corrected chi connectivity index (χ3v) is 0. The summed E-state index contributed by atoms with van der Waals surface area (Å²) < 4.78 is 8.55. The van der Waals surface area contributed by atoms with Crippen molar-refractivity contribution < 1.29 is 48.8 Å². The van der Waals surface area contributed by atoms with E-state index in [1.807, 2.05) is 0 Å². The van der Waals surface area contributed by atoms with Crippen LogP contribution in [0.2, 0.25) is 39.3 Å². The Morgan fingerprint density at radius 1 is 0.786 bits per heavy atom. The van der Waals surface area contributed by atoms with Crippen molar-refractivity contribution in [2.75, 3.05) is 0 Å². The smallest absolute Gasteiger partial charge is 0.822 e. The van der Waals surface area contributed by atoms with E-state index in [0.29, 0.717) is 0 Å². The van der Waals surface area contributed by atoms with E-state index in [1.54, 1.807) is 0 Å². The van der Waals surface area contributed by atoms with Crippen LogP contribution in [0.25, 0.3) is 0 Å². The number of phosphoric acid groups is 1. The number of rotatable bonds is 0. The standard InChI is InChI=1S/2C3H9Si.Na.H3O4P/c2*1-4(2)3;;1-5(2,3)4/h2*1-3H3;;(H3,1,2,3,4)/q3*+1;/p-3. The second-order valence-electron chi connectivity index (χ2n) is 3.45. The molecule has 0 spiro atoms. The van der Waals surface area contributed by atoms with Gasteiger partial charge in [0, 0.05) is 0 Å². The molecular weight excluding hydrogens is 246 g/mol. The molecule has 0 aromatic rings. The van der Waals surface area contributed by atoms with Gasteiger partial charge < -0.3 is 19.2 Å². The predicted octanol–water partition coefficient (Wildman–Crippen LogP) is -3.08. The largest absolute Gasteiger partial charge is 1.00 e. The molecule has 0 amide bonds. The molecule has 8 heteroatoms. The maximum atomic E-state index is 8.55. The first-order chi connectivity index (χ1) is 5.46. The monoisotopic (exact) mass is 264 g/mol. The summed E-state index contributed by atoms with van der Waals surface area (Å²) in [5.74, 6) is 0. The first kappa shape index (κ1) is 24.7. The molecule has 14 heavy (non-hydrogen) atoms. The summed E-state index contributed by atoms with van der Waals surface area (Å²) in [4.78, 5) is 25.6. The molecule has 0 atom stereocenters. The van der Waals surface area contributed by atoms with E-state index >= 15 is 0 Å². The number of hydrogen-bond acceptors (Lipinski definition) is 4. The molecule has 0 aromatic carbocycles. The molecule has 0 aromatic heterocycles. The Balaban J connectivity index is -0.0000000522. The van der Waals surface area contributed by atoms with Crippen LogP contribution in [0.5, 0.6) is 0 Å². The van der Waals surface area contributed by atoms with Crippen molar-refractivity contribution in [3.8, 4) is 0 Å². The quantitative estimate of drug-likeness (QED) is 0.343. The summed E-state index contributed by atoms with van der Waals surface area (Å²) in [6.45, 7) is 13.6. The van der Waals surface area contributed by atoms with Crippen LogP contribution in [0.1, 0.15) is 0 Å². The van der Waals surface area contributed by atoms with Gasteiger partial charge in [-0.3, -0.25) is 0 Å². The molecule has 0 radical (unpaired) electrons. The second-order valence-corrected chi connectivity index (χ2v) is 10.3. The van der Waals surface area contributed by atoms with Gasteiger partial charge in [-0.2, -0.15) is 7.82 Å². The van der Waals surface area contributed by atoms with Gasteiger partial charge in [0.1, 0.15) is 0 Å². The Kier molecular flexibility index (Phi) is 25.6. The van der Waals surface area contributed by atoms with Crippen LogP contribution in [0.4, 0.5) is 0 Å². The molecule has 4 nitrogen and oxygen atoms in total. The van der Waals surface area contributed by atoms with Gasteiger partial charge in [0.2, 0.25) is 0 Å². The van der Waals surface area contributed by atoms with Crippen LogP contribution in [-0.2, 0) is 4.57 Å². The van der Waals surface area contributed by atoms with Crippen molar-refractivity contribution in [1.82, 2.24) is 0 Å². The Labute approximate surface area is 113 Å². The minimum atomic E-state index is -5.39. The van der Waals surface area contributed by atoms with Gasteiger partial charge in [-0.1, -0.05) is 0 Å². The average Bonchev–Trinajstić information content (AvgIpc) is 1.50. The Morgan fingerprint density at radius 2 is 0.786 bits per heavy atom. The van der Waals surface area contributed by atoms with Gasteiger partial charge in [0.15, 0.2) is 0 Å². The van der Waals surface area contributed by atoms with Crippen LogP contribution < -0.4 is 44.2 Å². The SMILES string of the molecule is C[Si+](C)C.C[Si+](C)C.O=P([O-])([O-])[O-].[Na+]. The van der Waals surface area contributed by atoms with Crippen LogP contribution in [0.3, 0.4) is 0 Å². The zero-order valence-electron chi connectivity index (χ0n) is 10.1. The van der Waals surface area contributed by atoms with Gasteiger partial charge >= 0.3 is 47.2 Å². The van der Waals surface area contributed by atoms with E-state index in [4.69, 9.17) is 19.2 Å². The molecule has 0 aliphatic rings. The maximum absolute atomic E-state index is 8.55. The molecule has 0 rings (SSSR count). The van der Waals surface area contributed by atoms with Crippen molar-refractivity contribution in [1.29, 1.82) is 0 Å². The third kappa shape index (κ3) is 894. The summed E-state index contributed by atoms with van der Waals surface area (Å²) >= 11 is 0. The molecule has 0 N–H and O–H groups in total. The normalized spacial score (nSPS) is 8.07. The van der Waals surface area contributed by atoms with Crippen LogP contribution in [0, 0.1) is 0 Å². The zero-order chi connectivity index (χ0) is 11.7. The molecule has 0 unspecified atom stereocenters. The minimum absolute atomic E-state index is 0. The third-order valence-electron chi connectivity index (χ3n) is 0. The van der Waals surface area contributed by atoms with Crippen molar-refractivity contribution >= 4 is 25.4 Å².